The van der Waals surface area contributed by atoms with Crippen LogP contribution in [0, 0.1) is 0 Å². The van der Waals surface area contributed by atoms with Crippen molar-refractivity contribution in [3.8, 4) is 0 Å². The molecule has 0 atom stereocenters. The number of rotatable bonds is 8. The van der Waals surface area contributed by atoms with Crippen LogP contribution in [-0.2, 0) is 9.53 Å². The van der Waals surface area contributed by atoms with Gasteiger partial charge in [0.1, 0.15) is 6.61 Å². The number of unbranched alkanes of at least 4 members (excludes halogenated alkanes) is 1. The predicted molar refractivity (Wildman–Crippen MR) is 51.2 cm³/mol. The summed E-state index contributed by atoms with van der Waals surface area (Å²) in [5.74, 6) is -0.0922. The van der Waals surface area contributed by atoms with E-state index in [2.05, 4.69) is 5.32 Å². The van der Waals surface area contributed by atoms with Crippen LogP contribution in [0.15, 0.2) is 0 Å². The first-order valence-corrected chi connectivity index (χ1v) is 4.56. The molecular formula is C8H19N3O2. The van der Waals surface area contributed by atoms with Gasteiger partial charge in [-0.1, -0.05) is 0 Å². The molecule has 0 rings (SSSR count). The summed E-state index contributed by atoms with van der Waals surface area (Å²) < 4.78 is 4.94. The smallest absolute Gasteiger partial charge is 0.245 e. The van der Waals surface area contributed by atoms with E-state index in [9.17, 15) is 4.79 Å². The van der Waals surface area contributed by atoms with Gasteiger partial charge in [-0.15, -0.1) is 0 Å². The van der Waals surface area contributed by atoms with Gasteiger partial charge in [-0.2, -0.15) is 0 Å². The van der Waals surface area contributed by atoms with Crippen molar-refractivity contribution in [3.05, 3.63) is 0 Å². The summed E-state index contributed by atoms with van der Waals surface area (Å²) in [5, 5.41) is 2.72. The molecule has 0 aliphatic carbocycles. The van der Waals surface area contributed by atoms with Crippen molar-refractivity contribution in [2.75, 3.05) is 32.8 Å². The van der Waals surface area contributed by atoms with Crippen LogP contribution in [0.5, 0.6) is 0 Å². The second-order valence-corrected chi connectivity index (χ2v) is 2.69. The largest absolute Gasteiger partial charge is 0.370 e. The second-order valence-electron chi connectivity index (χ2n) is 2.69. The Morgan fingerprint density at radius 2 is 2.00 bits per heavy atom. The fourth-order valence-electron chi connectivity index (χ4n) is 0.796. The highest BCUT2D eigenvalue weighted by Gasteiger charge is 1.98. The van der Waals surface area contributed by atoms with Crippen LogP contribution in [-0.4, -0.2) is 38.8 Å². The molecule has 5 N–H and O–H groups in total. The molecule has 0 bridgehead atoms. The van der Waals surface area contributed by atoms with Gasteiger partial charge in [0, 0.05) is 13.1 Å². The highest BCUT2D eigenvalue weighted by molar-refractivity contribution is 5.77. The Labute approximate surface area is 78.8 Å². The van der Waals surface area contributed by atoms with E-state index in [-0.39, 0.29) is 12.5 Å². The lowest BCUT2D eigenvalue weighted by atomic mass is 10.3. The van der Waals surface area contributed by atoms with E-state index in [0.29, 0.717) is 26.2 Å². The minimum atomic E-state index is -0.0922. The summed E-state index contributed by atoms with van der Waals surface area (Å²) in [5.41, 5.74) is 10.5. The van der Waals surface area contributed by atoms with E-state index >= 15 is 0 Å². The molecule has 0 aliphatic rings. The topological polar surface area (TPSA) is 90.4 Å². The average molecular weight is 189 g/mol. The predicted octanol–water partition coefficient (Wildman–Crippen LogP) is -1.18. The van der Waals surface area contributed by atoms with Gasteiger partial charge >= 0.3 is 0 Å². The molecule has 0 aromatic carbocycles. The lowest BCUT2D eigenvalue weighted by molar-refractivity contribution is -0.125. The number of hydrogen-bond donors (Lipinski definition) is 3. The first-order chi connectivity index (χ1) is 6.31. The van der Waals surface area contributed by atoms with Gasteiger partial charge in [0.2, 0.25) is 5.91 Å². The summed E-state index contributed by atoms with van der Waals surface area (Å²) in [6.07, 6.45) is 1.85. The third-order valence-electron chi connectivity index (χ3n) is 1.45. The number of carbonyl (C=O) groups excluding carboxylic acids is 1. The van der Waals surface area contributed by atoms with Gasteiger partial charge in [0.15, 0.2) is 0 Å². The van der Waals surface area contributed by atoms with Crippen molar-refractivity contribution in [2.45, 2.75) is 12.8 Å². The zero-order valence-electron chi connectivity index (χ0n) is 7.92. The fraction of sp³-hybridized carbons (Fsp3) is 0.875. The minimum absolute atomic E-state index is 0.0922. The summed E-state index contributed by atoms with van der Waals surface area (Å²) in [4.78, 5) is 11.0. The first kappa shape index (κ1) is 12.3. The lowest BCUT2D eigenvalue weighted by Gasteiger charge is -2.04. The molecule has 78 valence electrons. The molecule has 0 unspecified atom stereocenters. The Morgan fingerprint density at radius 3 is 2.62 bits per heavy atom. The zero-order chi connectivity index (χ0) is 9.94. The van der Waals surface area contributed by atoms with E-state index in [1.54, 1.807) is 0 Å². The monoisotopic (exact) mass is 189 g/mol. The Bertz CT molecular complexity index is 131. The molecule has 0 aromatic rings. The molecule has 0 heterocycles. The summed E-state index contributed by atoms with van der Waals surface area (Å²) >= 11 is 0. The SMILES string of the molecule is NCCCCNC(=O)COCCN. The van der Waals surface area contributed by atoms with Gasteiger partial charge in [-0.05, 0) is 19.4 Å². The molecule has 0 fully saturated rings. The van der Waals surface area contributed by atoms with Crippen molar-refractivity contribution in [1.29, 1.82) is 0 Å². The number of nitrogens with two attached hydrogens (primary N) is 2. The maximum Gasteiger partial charge on any atom is 0.245 e. The normalized spacial score (nSPS) is 10.0. The van der Waals surface area contributed by atoms with Crippen LogP contribution < -0.4 is 16.8 Å². The zero-order valence-corrected chi connectivity index (χ0v) is 7.92. The van der Waals surface area contributed by atoms with E-state index in [0.717, 1.165) is 12.8 Å². The van der Waals surface area contributed by atoms with Crippen molar-refractivity contribution < 1.29 is 9.53 Å². The van der Waals surface area contributed by atoms with Crippen molar-refractivity contribution in [3.63, 3.8) is 0 Å². The first-order valence-electron chi connectivity index (χ1n) is 4.56. The van der Waals surface area contributed by atoms with E-state index < -0.39 is 0 Å². The van der Waals surface area contributed by atoms with Crippen molar-refractivity contribution in [2.24, 2.45) is 11.5 Å². The summed E-state index contributed by atoms with van der Waals surface area (Å²) in [6.45, 7) is 2.30. The van der Waals surface area contributed by atoms with Crippen LogP contribution in [0.1, 0.15) is 12.8 Å². The number of amides is 1. The maximum atomic E-state index is 11.0. The lowest BCUT2D eigenvalue weighted by Crippen LogP contribution is -2.29. The standard InChI is InChI=1S/C8H19N3O2/c9-3-1-2-5-11-8(12)7-13-6-4-10/h1-7,9-10H2,(H,11,12). The van der Waals surface area contributed by atoms with Crippen LogP contribution in [0.2, 0.25) is 0 Å². The molecule has 5 nitrogen and oxygen atoms in total. The van der Waals surface area contributed by atoms with Crippen LogP contribution in [0.25, 0.3) is 0 Å². The number of carbonyl (C=O) groups is 1. The molecule has 0 saturated heterocycles. The van der Waals surface area contributed by atoms with Crippen molar-refractivity contribution in [1.82, 2.24) is 5.32 Å². The molecule has 0 aromatic heterocycles. The van der Waals surface area contributed by atoms with Gasteiger partial charge in [-0.3, -0.25) is 4.79 Å². The highest BCUT2D eigenvalue weighted by atomic mass is 16.5. The Morgan fingerprint density at radius 1 is 1.23 bits per heavy atom. The molecule has 0 spiro atoms. The molecular weight excluding hydrogens is 170 g/mol. The maximum absolute atomic E-state index is 11.0. The minimum Gasteiger partial charge on any atom is -0.370 e. The Kier molecular flexibility index (Phi) is 8.97. The third-order valence-corrected chi connectivity index (χ3v) is 1.45. The van der Waals surface area contributed by atoms with Crippen LogP contribution >= 0.6 is 0 Å². The fourth-order valence-corrected chi connectivity index (χ4v) is 0.796. The van der Waals surface area contributed by atoms with Crippen LogP contribution in [0.4, 0.5) is 0 Å². The van der Waals surface area contributed by atoms with Gasteiger partial charge < -0.3 is 21.5 Å². The third kappa shape index (κ3) is 9.26. The van der Waals surface area contributed by atoms with Crippen molar-refractivity contribution >= 4 is 5.91 Å². The number of hydrogen-bond acceptors (Lipinski definition) is 4. The molecule has 0 radical (unpaired) electrons. The quantitative estimate of drug-likeness (QED) is 0.419. The average Bonchev–Trinajstić information content (AvgIpc) is 2.13. The van der Waals surface area contributed by atoms with E-state index in [1.807, 2.05) is 0 Å². The van der Waals surface area contributed by atoms with Gasteiger partial charge in [-0.25, -0.2) is 0 Å². The van der Waals surface area contributed by atoms with Gasteiger partial charge in [0.05, 0.1) is 6.61 Å². The van der Waals surface area contributed by atoms with Gasteiger partial charge in [0.25, 0.3) is 0 Å². The summed E-state index contributed by atoms with van der Waals surface area (Å²) in [7, 11) is 0. The molecule has 13 heavy (non-hydrogen) atoms. The number of nitrogens with one attached hydrogen (secondary N) is 1. The molecule has 0 aliphatic heterocycles. The van der Waals surface area contributed by atoms with Crippen LogP contribution in [0.3, 0.4) is 0 Å². The second kappa shape index (κ2) is 9.44. The van der Waals surface area contributed by atoms with E-state index in [4.69, 9.17) is 16.2 Å². The Balaban J connectivity index is 3.11. The molecule has 1 amide bonds. The van der Waals surface area contributed by atoms with E-state index in [1.165, 1.54) is 0 Å². The Hall–Kier alpha value is -0.650. The molecule has 5 heteroatoms. The molecule has 0 saturated carbocycles. The summed E-state index contributed by atoms with van der Waals surface area (Å²) in [6, 6.07) is 0. The number of ether oxygens (including phenoxy) is 1. The highest BCUT2D eigenvalue weighted by Crippen LogP contribution is 1.82.